The summed E-state index contributed by atoms with van der Waals surface area (Å²) in [6.45, 7) is 5.90. The van der Waals surface area contributed by atoms with Crippen LogP contribution in [-0.4, -0.2) is 14.3 Å². The third kappa shape index (κ3) is 5.71. The molecule has 0 fully saturated rings. The number of carbonyl (C=O) groups is 1. The van der Waals surface area contributed by atoms with Crippen LogP contribution in [-0.2, 0) is 22.9 Å². The highest BCUT2D eigenvalue weighted by molar-refractivity contribution is 7.92. The standard InChI is InChI=1S/C28H31ClN2O3S/c1-4-26(22-11-10-20-7-5-6-8-21(20)16-22)30-28(32)23-12-14-25(29)27(17-23)35(33,34)31-24-13-9-18(2)19(3)15-24/h9-17,26,31H,4-8H2,1-3H3,(H,30,32). The van der Waals surface area contributed by atoms with Gasteiger partial charge in [-0.15, -0.1) is 0 Å². The van der Waals surface area contributed by atoms with E-state index in [1.54, 1.807) is 18.2 Å². The molecular weight excluding hydrogens is 480 g/mol. The van der Waals surface area contributed by atoms with Gasteiger partial charge in [-0.05, 0) is 104 Å². The zero-order valence-corrected chi connectivity index (χ0v) is 21.9. The quantitative estimate of drug-likeness (QED) is 0.380. The van der Waals surface area contributed by atoms with Gasteiger partial charge >= 0.3 is 0 Å². The first-order valence-corrected chi connectivity index (χ1v) is 13.9. The van der Waals surface area contributed by atoms with Crippen LogP contribution in [0.3, 0.4) is 0 Å². The maximum atomic E-state index is 13.1. The molecule has 35 heavy (non-hydrogen) atoms. The molecule has 1 aliphatic carbocycles. The number of aryl methyl sites for hydroxylation is 4. The summed E-state index contributed by atoms with van der Waals surface area (Å²) >= 11 is 6.25. The molecule has 5 nitrogen and oxygen atoms in total. The molecule has 0 saturated carbocycles. The first-order chi connectivity index (χ1) is 16.7. The molecule has 0 heterocycles. The molecule has 0 saturated heterocycles. The molecule has 0 spiro atoms. The van der Waals surface area contributed by atoms with Crippen molar-refractivity contribution >= 4 is 33.2 Å². The van der Waals surface area contributed by atoms with Gasteiger partial charge in [0.2, 0.25) is 0 Å². The van der Waals surface area contributed by atoms with Gasteiger partial charge in [0.05, 0.1) is 11.1 Å². The van der Waals surface area contributed by atoms with Crippen LogP contribution < -0.4 is 10.0 Å². The normalized spacial score (nSPS) is 14.2. The van der Waals surface area contributed by atoms with Gasteiger partial charge < -0.3 is 5.32 Å². The summed E-state index contributed by atoms with van der Waals surface area (Å²) in [6, 6.07) is 15.9. The first kappa shape index (κ1) is 25.3. The fraction of sp³-hybridized carbons (Fsp3) is 0.321. The predicted octanol–water partition coefficient (Wildman–Crippen LogP) is 6.52. The van der Waals surface area contributed by atoms with Gasteiger partial charge in [0.15, 0.2) is 0 Å². The van der Waals surface area contributed by atoms with E-state index >= 15 is 0 Å². The van der Waals surface area contributed by atoms with E-state index in [1.165, 1.54) is 36.1 Å². The molecule has 0 bridgehead atoms. The van der Waals surface area contributed by atoms with Crippen LogP contribution in [0.1, 0.15) is 70.4 Å². The largest absolute Gasteiger partial charge is 0.345 e. The van der Waals surface area contributed by atoms with Gasteiger partial charge in [0.1, 0.15) is 4.90 Å². The summed E-state index contributed by atoms with van der Waals surface area (Å²) in [7, 11) is -3.99. The van der Waals surface area contributed by atoms with Crippen LogP contribution in [0, 0.1) is 13.8 Å². The number of sulfonamides is 1. The SMILES string of the molecule is CCC(NC(=O)c1ccc(Cl)c(S(=O)(=O)Nc2ccc(C)c(C)c2)c1)c1ccc2c(c1)CCCC2. The topological polar surface area (TPSA) is 75.3 Å². The van der Waals surface area contributed by atoms with Crippen molar-refractivity contribution in [2.75, 3.05) is 4.72 Å². The zero-order chi connectivity index (χ0) is 25.2. The molecule has 0 aliphatic heterocycles. The highest BCUT2D eigenvalue weighted by Crippen LogP contribution is 2.28. The maximum Gasteiger partial charge on any atom is 0.263 e. The molecule has 184 valence electrons. The summed E-state index contributed by atoms with van der Waals surface area (Å²) in [4.78, 5) is 13.0. The Hall–Kier alpha value is -2.83. The van der Waals surface area contributed by atoms with Crippen molar-refractivity contribution < 1.29 is 13.2 Å². The fourth-order valence-corrected chi connectivity index (χ4v) is 6.07. The van der Waals surface area contributed by atoms with Crippen molar-refractivity contribution in [3.63, 3.8) is 0 Å². The van der Waals surface area contributed by atoms with Crippen molar-refractivity contribution in [1.29, 1.82) is 0 Å². The van der Waals surface area contributed by atoms with Crippen LogP contribution in [0.15, 0.2) is 59.5 Å². The Morgan fingerprint density at radius 3 is 2.40 bits per heavy atom. The molecule has 1 aliphatic rings. The Labute approximate surface area is 213 Å². The lowest BCUT2D eigenvalue weighted by atomic mass is 9.88. The van der Waals surface area contributed by atoms with Crippen molar-refractivity contribution in [1.82, 2.24) is 5.32 Å². The average molecular weight is 511 g/mol. The minimum Gasteiger partial charge on any atom is -0.345 e. The third-order valence-electron chi connectivity index (χ3n) is 6.73. The molecular formula is C28H31ClN2O3S. The van der Waals surface area contributed by atoms with E-state index in [0.29, 0.717) is 5.69 Å². The number of halogens is 1. The van der Waals surface area contributed by atoms with Crippen LogP contribution in [0.4, 0.5) is 5.69 Å². The Kier molecular flexibility index (Phi) is 7.53. The monoisotopic (exact) mass is 510 g/mol. The van der Waals surface area contributed by atoms with E-state index in [4.69, 9.17) is 11.6 Å². The van der Waals surface area contributed by atoms with E-state index < -0.39 is 10.0 Å². The number of hydrogen-bond acceptors (Lipinski definition) is 3. The summed E-state index contributed by atoms with van der Waals surface area (Å²) in [5.74, 6) is -0.339. The first-order valence-electron chi connectivity index (χ1n) is 12.0. The van der Waals surface area contributed by atoms with Crippen molar-refractivity contribution in [3.05, 3.63) is 93.0 Å². The Morgan fingerprint density at radius 1 is 0.943 bits per heavy atom. The smallest absolute Gasteiger partial charge is 0.263 e. The minimum atomic E-state index is -3.99. The lowest BCUT2D eigenvalue weighted by Gasteiger charge is -2.22. The van der Waals surface area contributed by atoms with Crippen LogP contribution in [0.25, 0.3) is 0 Å². The van der Waals surface area contributed by atoms with E-state index in [2.05, 4.69) is 28.2 Å². The van der Waals surface area contributed by atoms with Gasteiger partial charge in [-0.3, -0.25) is 9.52 Å². The number of hydrogen-bond donors (Lipinski definition) is 2. The summed E-state index contributed by atoms with van der Waals surface area (Å²) in [5.41, 5.74) is 6.54. The number of carbonyl (C=O) groups excluding carboxylic acids is 1. The van der Waals surface area contributed by atoms with E-state index in [-0.39, 0.29) is 27.4 Å². The van der Waals surface area contributed by atoms with Gasteiger partial charge in [0, 0.05) is 11.3 Å². The molecule has 1 unspecified atom stereocenters. The number of fused-ring (bicyclic) bond motifs is 1. The molecule has 1 atom stereocenters. The van der Waals surface area contributed by atoms with Crippen molar-refractivity contribution in [2.45, 2.75) is 63.8 Å². The minimum absolute atomic E-state index is 0.0552. The summed E-state index contributed by atoms with van der Waals surface area (Å²) < 4.78 is 28.8. The fourth-order valence-electron chi connectivity index (χ4n) is 4.50. The van der Waals surface area contributed by atoms with Crippen LogP contribution in [0.2, 0.25) is 5.02 Å². The van der Waals surface area contributed by atoms with Gasteiger partial charge in [-0.1, -0.05) is 42.8 Å². The lowest BCUT2D eigenvalue weighted by molar-refractivity contribution is 0.0935. The number of nitrogens with one attached hydrogen (secondary N) is 2. The van der Waals surface area contributed by atoms with Gasteiger partial charge in [0.25, 0.3) is 15.9 Å². The average Bonchev–Trinajstić information content (AvgIpc) is 2.84. The van der Waals surface area contributed by atoms with E-state index in [0.717, 1.165) is 36.0 Å². The highest BCUT2D eigenvalue weighted by atomic mass is 35.5. The highest BCUT2D eigenvalue weighted by Gasteiger charge is 2.22. The second-order valence-corrected chi connectivity index (χ2v) is 11.3. The lowest BCUT2D eigenvalue weighted by Crippen LogP contribution is -2.28. The Bertz CT molecular complexity index is 1370. The molecule has 2 N–H and O–H groups in total. The molecule has 7 heteroatoms. The second-order valence-electron chi connectivity index (χ2n) is 9.22. The van der Waals surface area contributed by atoms with E-state index in [9.17, 15) is 13.2 Å². The number of anilines is 1. The van der Waals surface area contributed by atoms with Crippen LogP contribution in [0.5, 0.6) is 0 Å². The van der Waals surface area contributed by atoms with Crippen molar-refractivity contribution in [3.8, 4) is 0 Å². The molecule has 3 aromatic rings. The molecule has 3 aromatic carbocycles. The Balaban J connectivity index is 1.56. The number of rotatable bonds is 7. The summed E-state index contributed by atoms with van der Waals surface area (Å²) in [5, 5.41) is 3.13. The van der Waals surface area contributed by atoms with Crippen LogP contribution >= 0.6 is 11.6 Å². The zero-order valence-electron chi connectivity index (χ0n) is 20.3. The maximum absolute atomic E-state index is 13.1. The predicted molar refractivity (Wildman–Crippen MR) is 142 cm³/mol. The summed E-state index contributed by atoms with van der Waals surface area (Å²) in [6.07, 6.45) is 5.31. The molecule has 1 amide bonds. The number of benzene rings is 3. The second kappa shape index (κ2) is 10.4. The van der Waals surface area contributed by atoms with Gasteiger partial charge in [-0.2, -0.15) is 0 Å². The molecule has 0 aromatic heterocycles. The molecule has 4 rings (SSSR count). The molecule has 0 radical (unpaired) electrons. The van der Waals surface area contributed by atoms with E-state index in [1.807, 2.05) is 26.8 Å². The van der Waals surface area contributed by atoms with Crippen molar-refractivity contribution in [2.24, 2.45) is 0 Å². The Morgan fingerprint density at radius 2 is 1.69 bits per heavy atom. The third-order valence-corrected chi connectivity index (χ3v) is 8.59. The van der Waals surface area contributed by atoms with Gasteiger partial charge in [-0.25, -0.2) is 8.42 Å². The number of amides is 1.